The van der Waals surface area contributed by atoms with Crippen LogP contribution in [0.4, 0.5) is 0 Å². The van der Waals surface area contributed by atoms with E-state index in [-0.39, 0.29) is 24.3 Å². The van der Waals surface area contributed by atoms with E-state index in [0.29, 0.717) is 6.54 Å². The number of likely N-dealkylation sites (tertiary alicyclic amines) is 1. The molecule has 6 heteroatoms. The number of carbonyl (C=O) groups excluding carboxylic acids is 3. The monoisotopic (exact) mass is 376 g/mol. The molecule has 0 saturated carbocycles. The van der Waals surface area contributed by atoms with Crippen molar-refractivity contribution in [1.82, 2.24) is 9.80 Å². The number of piperidine rings is 1. The first kappa shape index (κ1) is 15.5. The summed E-state index contributed by atoms with van der Waals surface area (Å²) in [4.78, 5) is 42.1. The van der Waals surface area contributed by atoms with Crippen LogP contribution in [0.1, 0.15) is 16.7 Å². The van der Waals surface area contributed by atoms with Crippen molar-refractivity contribution in [2.24, 2.45) is 11.8 Å². The molecule has 4 aliphatic heterocycles. The summed E-state index contributed by atoms with van der Waals surface area (Å²) in [6.07, 6.45) is 0. The van der Waals surface area contributed by atoms with Gasteiger partial charge in [-0.25, -0.2) is 0 Å². The van der Waals surface area contributed by atoms with Crippen LogP contribution in [-0.4, -0.2) is 32.8 Å². The summed E-state index contributed by atoms with van der Waals surface area (Å²) in [6, 6.07) is 17.5. The molecule has 4 atom stereocenters. The Hall–Kier alpha value is -2.60. The first-order chi connectivity index (χ1) is 13.1. The molecule has 2 aromatic rings. The largest absolute Gasteiger partial charge is 0.318 e. The molecule has 2 bridgehead atoms. The molecule has 0 radical (unpaired) electrons. The van der Waals surface area contributed by atoms with Gasteiger partial charge < -0.3 is 4.90 Å². The zero-order valence-electron chi connectivity index (χ0n) is 14.4. The van der Waals surface area contributed by atoms with Gasteiger partial charge in [-0.2, -0.15) is 0 Å². The highest BCUT2D eigenvalue weighted by Crippen LogP contribution is 2.69. The number of hydrogen-bond acceptors (Lipinski definition) is 4. The molecular formula is C21H16N2O3S. The summed E-state index contributed by atoms with van der Waals surface area (Å²) in [6.45, 7) is 0.802. The average molecular weight is 376 g/mol. The van der Waals surface area contributed by atoms with Crippen molar-refractivity contribution in [3.05, 3.63) is 71.3 Å². The highest BCUT2D eigenvalue weighted by Gasteiger charge is 2.77. The molecular weight excluding hydrogens is 360 g/mol. The molecule has 3 saturated heterocycles. The van der Waals surface area contributed by atoms with E-state index in [0.717, 1.165) is 16.7 Å². The minimum atomic E-state index is -0.707. The van der Waals surface area contributed by atoms with Gasteiger partial charge in [-0.05, 0) is 16.7 Å². The molecule has 3 fully saturated rings. The zero-order valence-corrected chi connectivity index (χ0v) is 15.2. The molecule has 1 spiro atoms. The van der Waals surface area contributed by atoms with E-state index >= 15 is 0 Å². The van der Waals surface area contributed by atoms with Gasteiger partial charge in [-0.3, -0.25) is 19.3 Å². The first-order valence-corrected chi connectivity index (χ1v) is 9.98. The van der Waals surface area contributed by atoms with E-state index in [9.17, 15) is 14.4 Å². The fourth-order valence-corrected chi connectivity index (χ4v) is 7.27. The fourth-order valence-electron chi connectivity index (χ4n) is 5.23. The maximum Gasteiger partial charge on any atom is 0.238 e. The van der Waals surface area contributed by atoms with Crippen molar-refractivity contribution < 1.29 is 14.4 Å². The molecule has 6 rings (SSSR count). The Morgan fingerprint density at radius 2 is 1.67 bits per heavy atom. The number of nitrogens with zero attached hydrogens (tertiary/aromatic N) is 2. The van der Waals surface area contributed by atoms with Crippen LogP contribution in [0.5, 0.6) is 0 Å². The minimum Gasteiger partial charge on any atom is -0.318 e. The third kappa shape index (κ3) is 1.70. The van der Waals surface area contributed by atoms with Crippen molar-refractivity contribution >= 4 is 29.5 Å². The van der Waals surface area contributed by atoms with E-state index in [2.05, 4.69) is 0 Å². The Bertz CT molecular complexity index is 1020. The maximum atomic E-state index is 13.4. The van der Waals surface area contributed by atoms with Crippen LogP contribution >= 0.6 is 11.8 Å². The number of imide groups is 1. The van der Waals surface area contributed by atoms with Gasteiger partial charge in [0, 0.05) is 6.54 Å². The second kappa shape index (κ2) is 5.01. The number of hydrogen-bond donors (Lipinski definition) is 0. The van der Waals surface area contributed by atoms with Gasteiger partial charge in [0.1, 0.15) is 4.87 Å². The van der Waals surface area contributed by atoms with Crippen LogP contribution < -0.4 is 0 Å². The molecule has 2 aromatic carbocycles. The third-order valence-electron chi connectivity index (χ3n) is 6.32. The van der Waals surface area contributed by atoms with Gasteiger partial charge in [-0.15, -0.1) is 11.8 Å². The highest BCUT2D eigenvalue weighted by molar-refractivity contribution is 8.02. The van der Waals surface area contributed by atoms with Gasteiger partial charge in [-0.1, -0.05) is 54.6 Å². The predicted octanol–water partition coefficient (Wildman–Crippen LogP) is 2.11. The lowest BCUT2D eigenvalue weighted by Gasteiger charge is -2.37. The van der Waals surface area contributed by atoms with E-state index in [1.54, 1.807) is 0 Å². The second-order valence-electron chi connectivity index (χ2n) is 7.57. The van der Waals surface area contributed by atoms with Crippen molar-refractivity contribution in [2.45, 2.75) is 23.2 Å². The summed E-state index contributed by atoms with van der Waals surface area (Å²) in [5, 5.41) is -0.444. The van der Waals surface area contributed by atoms with E-state index < -0.39 is 22.0 Å². The molecule has 2 unspecified atom stereocenters. The molecule has 134 valence electrons. The first-order valence-electron chi connectivity index (χ1n) is 9.10. The van der Waals surface area contributed by atoms with Crippen LogP contribution in [0.15, 0.2) is 54.6 Å². The SMILES string of the molecule is O=C1C2C(C(=O)N1Cc1ccccc1)[C@@]13S[C@@H]2C(=O)N1Cc1ccccc13. The van der Waals surface area contributed by atoms with Gasteiger partial charge in [0.05, 0.1) is 23.6 Å². The van der Waals surface area contributed by atoms with Gasteiger partial charge in [0.15, 0.2) is 0 Å². The lowest BCUT2D eigenvalue weighted by atomic mass is 9.79. The normalized spacial score (nSPS) is 32.9. The molecule has 0 aliphatic carbocycles. The minimum absolute atomic E-state index is 0.000149. The van der Waals surface area contributed by atoms with Crippen LogP contribution in [0.2, 0.25) is 0 Å². The van der Waals surface area contributed by atoms with Crippen LogP contribution in [0.3, 0.4) is 0 Å². The van der Waals surface area contributed by atoms with E-state index in [1.807, 2.05) is 59.5 Å². The predicted molar refractivity (Wildman–Crippen MR) is 99.0 cm³/mol. The Labute approximate surface area is 160 Å². The molecule has 0 N–H and O–H groups in total. The average Bonchev–Trinajstić information content (AvgIpc) is 3.36. The number of amides is 3. The Morgan fingerprint density at radius 3 is 2.48 bits per heavy atom. The molecule has 5 nitrogen and oxygen atoms in total. The summed E-state index contributed by atoms with van der Waals surface area (Å²) in [7, 11) is 0. The van der Waals surface area contributed by atoms with Gasteiger partial charge in [0.25, 0.3) is 0 Å². The number of benzene rings is 2. The van der Waals surface area contributed by atoms with Crippen molar-refractivity contribution in [3.63, 3.8) is 0 Å². The quantitative estimate of drug-likeness (QED) is 0.754. The molecule has 0 aromatic heterocycles. The van der Waals surface area contributed by atoms with Crippen molar-refractivity contribution in [2.75, 3.05) is 0 Å². The molecule has 4 heterocycles. The summed E-state index contributed by atoms with van der Waals surface area (Å²) < 4.78 is 0. The summed E-state index contributed by atoms with van der Waals surface area (Å²) in [5.74, 6) is -1.36. The molecule has 3 amide bonds. The topological polar surface area (TPSA) is 57.7 Å². The molecule has 27 heavy (non-hydrogen) atoms. The third-order valence-corrected chi connectivity index (χ3v) is 8.12. The fraction of sp³-hybridized carbons (Fsp3) is 0.286. The smallest absolute Gasteiger partial charge is 0.238 e. The van der Waals surface area contributed by atoms with Crippen LogP contribution in [0, 0.1) is 11.8 Å². The standard InChI is InChI=1S/C21H16N2O3S/c24-18-15-16(19(25)22(18)10-12-6-2-1-3-7-12)21-14-9-5-4-8-13(14)11-23(21)20(26)17(15)27-21/h1-9,15-17H,10-11H2/t15?,16?,17-,21+/m0/s1. The van der Waals surface area contributed by atoms with E-state index in [4.69, 9.17) is 0 Å². The number of thioether (sulfide) groups is 1. The van der Waals surface area contributed by atoms with Gasteiger partial charge >= 0.3 is 0 Å². The van der Waals surface area contributed by atoms with Crippen molar-refractivity contribution in [3.8, 4) is 0 Å². The zero-order chi connectivity index (χ0) is 18.3. The summed E-state index contributed by atoms with van der Waals surface area (Å²) in [5.41, 5.74) is 3.03. The Morgan fingerprint density at radius 1 is 0.926 bits per heavy atom. The molecule has 4 aliphatic rings. The highest BCUT2D eigenvalue weighted by atomic mass is 32.2. The Kier molecular flexibility index (Phi) is 2.87. The lowest BCUT2D eigenvalue weighted by molar-refractivity contribution is -0.143. The van der Waals surface area contributed by atoms with Gasteiger partial charge in [0.2, 0.25) is 17.7 Å². The lowest BCUT2D eigenvalue weighted by Crippen LogP contribution is -2.51. The number of rotatable bonds is 2. The van der Waals surface area contributed by atoms with Crippen LogP contribution in [-0.2, 0) is 32.3 Å². The number of fused-ring (bicyclic) bond motifs is 4. The summed E-state index contributed by atoms with van der Waals surface area (Å²) >= 11 is 1.52. The van der Waals surface area contributed by atoms with Crippen molar-refractivity contribution in [1.29, 1.82) is 0 Å². The maximum absolute atomic E-state index is 13.4. The second-order valence-corrected chi connectivity index (χ2v) is 8.93. The number of carbonyl (C=O) groups is 3. The van der Waals surface area contributed by atoms with Crippen LogP contribution in [0.25, 0.3) is 0 Å². The Balaban J connectivity index is 1.46. The van der Waals surface area contributed by atoms with E-state index in [1.165, 1.54) is 16.7 Å².